The van der Waals surface area contributed by atoms with Gasteiger partial charge in [-0.25, -0.2) is 4.79 Å². The highest BCUT2D eigenvalue weighted by Gasteiger charge is 2.33. The van der Waals surface area contributed by atoms with Gasteiger partial charge in [-0.1, -0.05) is 0 Å². The van der Waals surface area contributed by atoms with E-state index in [1.807, 2.05) is 4.90 Å². The number of rotatable bonds is 3. The Labute approximate surface area is 121 Å². The second-order valence-corrected chi connectivity index (χ2v) is 5.54. The molecule has 7 nitrogen and oxygen atoms in total. The van der Waals surface area contributed by atoms with Crippen molar-refractivity contribution in [2.75, 3.05) is 31.1 Å². The molecule has 2 aliphatic heterocycles. The van der Waals surface area contributed by atoms with Crippen LogP contribution in [0, 0.1) is 10.1 Å². The average molecular weight is 291 g/mol. The van der Waals surface area contributed by atoms with Crippen LogP contribution in [0.15, 0.2) is 18.2 Å². The van der Waals surface area contributed by atoms with Gasteiger partial charge in [-0.3, -0.25) is 15.0 Å². The average Bonchev–Trinajstić information content (AvgIpc) is 2.93. The number of anilines is 1. The lowest BCUT2D eigenvalue weighted by Gasteiger charge is -2.38. The van der Waals surface area contributed by atoms with Crippen LogP contribution < -0.4 is 4.90 Å². The first-order valence-electron chi connectivity index (χ1n) is 7.07. The van der Waals surface area contributed by atoms with Crippen LogP contribution in [-0.2, 0) is 0 Å². The van der Waals surface area contributed by atoms with Crippen LogP contribution in [0.5, 0.6) is 0 Å². The van der Waals surface area contributed by atoms with Gasteiger partial charge in [-0.2, -0.15) is 0 Å². The van der Waals surface area contributed by atoms with E-state index in [0.717, 1.165) is 38.7 Å². The number of piperazine rings is 1. The molecule has 3 rings (SSSR count). The summed E-state index contributed by atoms with van der Waals surface area (Å²) in [5.41, 5.74) is 0.350. The number of carboxylic acid groups (broad SMARTS) is 1. The summed E-state index contributed by atoms with van der Waals surface area (Å²) in [6, 6.07) is 4.61. The highest BCUT2D eigenvalue weighted by Crippen LogP contribution is 2.32. The highest BCUT2D eigenvalue weighted by atomic mass is 16.6. The summed E-state index contributed by atoms with van der Waals surface area (Å²) >= 11 is 0. The lowest BCUT2D eigenvalue weighted by molar-refractivity contribution is -0.384. The van der Waals surface area contributed by atoms with E-state index in [0.29, 0.717) is 11.7 Å². The number of fused-ring (bicyclic) bond motifs is 1. The van der Waals surface area contributed by atoms with Crippen LogP contribution in [-0.4, -0.2) is 53.1 Å². The number of aromatic carboxylic acids is 1. The molecule has 1 atom stereocenters. The molecule has 112 valence electrons. The SMILES string of the molecule is O=C(O)c1ccc(N2CCN3CCCC3C2)c([N+](=O)[O-])c1. The fourth-order valence-electron chi connectivity index (χ4n) is 3.28. The molecule has 1 aromatic rings. The van der Waals surface area contributed by atoms with E-state index in [2.05, 4.69) is 4.90 Å². The molecule has 2 heterocycles. The molecule has 21 heavy (non-hydrogen) atoms. The van der Waals surface area contributed by atoms with E-state index in [9.17, 15) is 14.9 Å². The van der Waals surface area contributed by atoms with Gasteiger partial charge < -0.3 is 10.0 Å². The smallest absolute Gasteiger partial charge is 0.335 e. The Balaban J connectivity index is 1.90. The van der Waals surface area contributed by atoms with Crippen LogP contribution in [0.1, 0.15) is 23.2 Å². The van der Waals surface area contributed by atoms with Gasteiger partial charge in [0, 0.05) is 31.7 Å². The van der Waals surface area contributed by atoms with Gasteiger partial charge in [0.05, 0.1) is 10.5 Å². The molecule has 7 heteroatoms. The fraction of sp³-hybridized carbons (Fsp3) is 0.500. The van der Waals surface area contributed by atoms with E-state index in [-0.39, 0.29) is 11.3 Å². The first-order valence-corrected chi connectivity index (χ1v) is 7.07. The van der Waals surface area contributed by atoms with Crippen molar-refractivity contribution in [3.8, 4) is 0 Å². The zero-order chi connectivity index (χ0) is 15.0. The molecular formula is C14H17N3O4. The van der Waals surface area contributed by atoms with Crippen molar-refractivity contribution in [2.24, 2.45) is 0 Å². The molecule has 0 bridgehead atoms. The second-order valence-electron chi connectivity index (χ2n) is 5.54. The van der Waals surface area contributed by atoms with E-state index >= 15 is 0 Å². The standard InChI is InChI=1S/C14H17N3O4/c18-14(19)10-3-4-12(13(8-10)17(20)21)16-7-6-15-5-1-2-11(15)9-16/h3-4,8,11H,1-2,5-7,9H2,(H,18,19). The zero-order valence-electron chi connectivity index (χ0n) is 11.6. The van der Waals surface area contributed by atoms with Crippen LogP contribution in [0.2, 0.25) is 0 Å². The summed E-state index contributed by atoms with van der Waals surface area (Å²) in [6.07, 6.45) is 2.30. The molecule has 0 aromatic heterocycles. The minimum atomic E-state index is -1.15. The van der Waals surface area contributed by atoms with Crippen molar-refractivity contribution >= 4 is 17.3 Å². The summed E-state index contributed by atoms with van der Waals surface area (Å²) in [7, 11) is 0. The zero-order valence-corrected chi connectivity index (χ0v) is 11.6. The van der Waals surface area contributed by atoms with Crippen LogP contribution in [0.4, 0.5) is 11.4 Å². The topological polar surface area (TPSA) is 86.9 Å². The quantitative estimate of drug-likeness (QED) is 0.672. The molecule has 1 aromatic carbocycles. The second kappa shape index (κ2) is 5.33. The highest BCUT2D eigenvalue weighted by molar-refractivity contribution is 5.89. The van der Waals surface area contributed by atoms with Gasteiger partial charge in [0.2, 0.25) is 0 Å². The van der Waals surface area contributed by atoms with E-state index in [4.69, 9.17) is 5.11 Å². The van der Waals surface area contributed by atoms with E-state index in [1.165, 1.54) is 12.5 Å². The van der Waals surface area contributed by atoms with Gasteiger partial charge in [-0.05, 0) is 31.5 Å². The predicted octanol–water partition coefficient (Wildman–Crippen LogP) is 1.58. The number of carboxylic acids is 1. The van der Waals surface area contributed by atoms with E-state index in [1.54, 1.807) is 6.07 Å². The molecular weight excluding hydrogens is 274 g/mol. The molecule has 0 amide bonds. The van der Waals surface area contributed by atoms with Crippen LogP contribution in [0.25, 0.3) is 0 Å². The Morgan fingerprint density at radius 1 is 1.33 bits per heavy atom. The third kappa shape index (κ3) is 2.56. The minimum absolute atomic E-state index is 0.0510. The van der Waals surface area contributed by atoms with Crippen LogP contribution in [0.3, 0.4) is 0 Å². The Kier molecular flexibility index (Phi) is 3.50. The molecule has 2 aliphatic rings. The number of nitro benzene ring substituents is 1. The molecule has 2 fully saturated rings. The summed E-state index contributed by atoms with van der Waals surface area (Å²) in [4.78, 5) is 26.2. The van der Waals surface area contributed by atoms with Crippen molar-refractivity contribution in [1.82, 2.24) is 4.90 Å². The fourth-order valence-corrected chi connectivity index (χ4v) is 3.28. The summed E-state index contributed by atoms with van der Waals surface area (Å²) < 4.78 is 0. The Bertz CT molecular complexity index is 590. The third-order valence-corrected chi connectivity index (χ3v) is 4.35. The predicted molar refractivity (Wildman–Crippen MR) is 76.9 cm³/mol. The minimum Gasteiger partial charge on any atom is -0.478 e. The largest absolute Gasteiger partial charge is 0.478 e. The lowest BCUT2D eigenvalue weighted by atomic mass is 10.1. The maximum absolute atomic E-state index is 11.2. The Morgan fingerprint density at radius 3 is 2.86 bits per heavy atom. The van der Waals surface area contributed by atoms with Gasteiger partial charge >= 0.3 is 5.97 Å². The molecule has 0 saturated carbocycles. The van der Waals surface area contributed by atoms with Crippen molar-refractivity contribution in [3.05, 3.63) is 33.9 Å². The van der Waals surface area contributed by atoms with Crippen molar-refractivity contribution in [3.63, 3.8) is 0 Å². The third-order valence-electron chi connectivity index (χ3n) is 4.35. The number of benzene rings is 1. The monoisotopic (exact) mass is 291 g/mol. The normalized spacial score (nSPS) is 22.1. The summed E-state index contributed by atoms with van der Waals surface area (Å²) in [6.45, 7) is 3.53. The maximum Gasteiger partial charge on any atom is 0.335 e. The van der Waals surface area contributed by atoms with Gasteiger partial charge in [0.1, 0.15) is 5.69 Å². The Hall–Kier alpha value is -2.15. The van der Waals surface area contributed by atoms with E-state index < -0.39 is 10.9 Å². The van der Waals surface area contributed by atoms with Gasteiger partial charge in [-0.15, -0.1) is 0 Å². The van der Waals surface area contributed by atoms with Crippen molar-refractivity contribution in [1.29, 1.82) is 0 Å². The number of nitro groups is 1. The summed E-state index contributed by atoms with van der Waals surface area (Å²) in [5.74, 6) is -1.15. The molecule has 1 N–H and O–H groups in total. The van der Waals surface area contributed by atoms with Crippen molar-refractivity contribution in [2.45, 2.75) is 18.9 Å². The maximum atomic E-state index is 11.2. The van der Waals surface area contributed by atoms with Crippen LogP contribution >= 0.6 is 0 Å². The number of hydrogen-bond donors (Lipinski definition) is 1. The molecule has 0 radical (unpaired) electrons. The van der Waals surface area contributed by atoms with Gasteiger partial charge in [0.15, 0.2) is 0 Å². The lowest BCUT2D eigenvalue weighted by Crippen LogP contribution is -2.50. The summed E-state index contributed by atoms with van der Waals surface area (Å²) in [5, 5.41) is 20.2. The molecule has 0 aliphatic carbocycles. The number of nitrogens with zero attached hydrogens (tertiary/aromatic N) is 3. The molecule has 2 saturated heterocycles. The first kappa shape index (κ1) is 13.8. The Morgan fingerprint density at radius 2 is 2.14 bits per heavy atom. The van der Waals surface area contributed by atoms with Gasteiger partial charge in [0.25, 0.3) is 5.69 Å². The number of hydrogen-bond acceptors (Lipinski definition) is 5. The first-order chi connectivity index (χ1) is 10.1. The van der Waals surface area contributed by atoms with Crippen molar-refractivity contribution < 1.29 is 14.8 Å². The number of carbonyl (C=O) groups is 1. The molecule has 0 spiro atoms. The molecule has 1 unspecified atom stereocenters.